The number of nitro groups is 1. The fourth-order valence-electron chi connectivity index (χ4n) is 4.72. The molecule has 0 radical (unpaired) electrons. The highest BCUT2D eigenvalue weighted by atomic mass is 19.1. The zero-order valence-corrected chi connectivity index (χ0v) is 16.3. The van der Waals surface area contributed by atoms with E-state index in [1.54, 1.807) is 35.2 Å². The number of para-hydroxylation sites is 2. The van der Waals surface area contributed by atoms with Crippen LogP contribution in [0.3, 0.4) is 0 Å². The molecule has 4 atom stereocenters. The van der Waals surface area contributed by atoms with Crippen molar-refractivity contribution in [3.05, 3.63) is 106 Å². The first kappa shape index (κ1) is 19.3. The molecule has 2 N–H and O–H groups in total. The van der Waals surface area contributed by atoms with E-state index < -0.39 is 17.0 Å². The standard InChI is InChI=1S/C23H19FN4O3/c24-15-12-10-14(11-13-15)20-19-21(26-25-20)23(29)27(16-6-2-1-3-7-16)22(19)17-8-4-5-9-18(17)28(30)31/h1-13,19-22,25-26H. The van der Waals surface area contributed by atoms with Crippen LogP contribution >= 0.6 is 0 Å². The van der Waals surface area contributed by atoms with Gasteiger partial charge in [0.2, 0.25) is 5.91 Å². The number of fused-ring (bicyclic) bond motifs is 1. The average molecular weight is 418 g/mol. The lowest BCUT2D eigenvalue weighted by atomic mass is 9.83. The van der Waals surface area contributed by atoms with E-state index in [9.17, 15) is 19.3 Å². The largest absolute Gasteiger partial charge is 0.303 e. The number of nitro benzene ring substituents is 1. The van der Waals surface area contributed by atoms with Crippen LogP contribution in [0.15, 0.2) is 78.9 Å². The molecule has 3 aromatic rings. The molecule has 2 heterocycles. The number of hydrogen-bond donors (Lipinski definition) is 2. The number of rotatable bonds is 4. The minimum absolute atomic E-state index is 0.0355. The van der Waals surface area contributed by atoms with Crippen molar-refractivity contribution < 1.29 is 14.1 Å². The van der Waals surface area contributed by atoms with E-state index in [1.807, 2.05) is 30.3 Å². The molecule has 2 saturated heterocycles. The molecule has 7 nitrogen and oxygen atoms in total. The summed E-state index contributed by atoms with van der Waals surface area (Å²) in [4.78, 5) is 26.5. The van der Waals surface area contributed by atoms with Gasteiger partial charge in [-0.2, -0.15) is 0 Å². The number of benzene rings is 3. The van der Waals surface area contributed by atoms with Crippen molar-refractivity contribution in [2.45, 2.75) is 18.1 Å². The lowest BCUT2D eigenvalue weighted by Gasteiger charge is -2.31. The van der Waals surface area contributed by atoms with Crippen molar-refractivity contribution >= 4 is 17.3 Å². The molecule has 0 saturated carbocycles. The Hall–Kier alpha value is -3.62. The summed E-state index contributed by atoms with van der Waals surface area (Å²) in [6.45, 7) is 0. The van der Waals surface area contributed by atoms with Crippen LogP contribution in [0.5, 0.6) is 0 Å². The number of amides is 1. The highest BCUT2D eigenvalue weighted by Crippen LogP contribution is 2.50. The first-order valence-corrected chi connectivity index (χ1v) is 9.94. The van der Waals surface area contributed by atoms with Crippen LogP contribution in [0.4, 0.5) is 15.8 Å². The Balaban J connectivity index is 1.68. The zero-order valence-electron chi connectivity index (χ0n) is 16.3. The molecule has 0 bridgehead atoms. The smallest absolute Gasteiger partial charge is 0.274 e. The van der Waals surface area contributed by atoms with Gasteiger partial charge in [0.1, 0.15) is 11.9 Å². The summed E-state index contributed by atoms with van der Waals surface area (Å²) in [5, 5.41) is 11.8. The van der Waals surface area contributed by atoms with Gasteiger partial charge in [0.15, 0.2) is 0 Å². The third-order valence-corrected chi connectivity index (χ3v) is 6.03. The van der Waals surface area contributed by atoms with Crippen LogP contribution in [0.25, 0.3) is 0 Å². The summed E-state index contributed by atoms with van der Waals surface area (Å²) in [6, 6.07) is 20.2. The predicted octanol–water partition coefficient (Wildman–Crippen LogP) is 3.66. The first-order chi connectivity index (χ1) is 15.1. The van der Waals surface area contributed by atoms with Gasteiger partial charge in [-0.25, -0.2) is 15.2 Å². The van der Waals surface area contributed by atoms with Gasteiger partial charge in [0.25, 0.3) is 5.69 Å². The molecule has 0 aromatic heterocycles. The van der Waals surface area contributed by atoms with Gasteiger partial charge < -0.3 is 4.90 Å². The summed E-state index contributed by atoms with van der Waals surface area (Å²) < 4.78 is 13.5. The number of carbonyl (C=O) groups is 1. The van der Waals surface area contributed by atoms with Gasteiger partial charge in [-0.1, -0.05) is 48.5 Å². The second kappa shape index (κ2) is 7.57. The Morgan fingerprint density at radius 3 is 2.23 bits per heavy atom. The van der Waals surface area contributed by atoms with Gasteiger partial charge in [-0.15, -0.1) is 0 Å². The van der Waals surface area contributed by atoms with E-state index in [2.05, 4.69) is 10.9 Å². The third-order valence-electron chi connectivity index (χ3n) is 6.03. The van der Waals surface area contributed by atoms with Gasteiger partial charge in [0, 0.05) is 17.7 Å². The van der Waals surface area contributed by atoms with E-state index >= 15 is 0 Å². The molecule has 1 amide bonds. The van der Waals surface area contributed by atoms with E-state index in [0.717, 1.165) is 5.56 Å². The SMILES string of the molecule is O=C1C2NNC(c3ccc(F)cc3)C2C(c2ccccc2[N+](=O)[O-])N1c1ccccc1. The van der Waals surface area contributed by atoms with E-state index in [1.165, 1.54) is 18.2 Å². The number of carbonyl (C=O) groups excluding carboxylic acids is 1. The molecular weight excluding hydrogens is 399 g/mol. The molecule has 4 unspecified atom stereocenters. The second-order valence-electron chi connectivity index (χ2n) is 7.68. The molecule has 5 rings (SSSR count). The fraction of sp³-hybridized carbons (Fsp3) is 0.174. The van der Waals surface area contributed by atoms with Crippen LogP contribution in [-0.4, -0.2) is 16.9 Å². The molecule has 8 heteroatoms. The minimum atomic E-state index is -0.584. The minimum Gasteiger partial charge on any atom is -0.303 e. The van der Waals surface area contributed by atoms with Gasteiger partial charge >= 0.3 is 0 Å². The Morgan fingerprint density at radius 2 is 1.52 bits per heavy atom. The van der Waals surface area contributed by atoms with Crippen molar-refractivity contribution in [3.8, 4) is 0 Å². The Labute approximate surface area is 177 Å². The normalized spacial score (nSPS) is 24.9. The van der Waals surface area contributed by atoms with Crippen LogP contribution in [0.2, 0.25) is 0 Å². The van der Waals surface area contributed by atoms with Crippen LogP contribution in [0, 0.1) is 21.8 Å². The molecule has 2 fully saturated rings. The second-order valence-corrected chi connectivity index (χ2v) is 7.68. The lowest BCUT2D eigenvalue weighted by Crippen LogP contribution is -2.41. The van der Waals surface area contributed by atoms with E-state index in [0.29, 0.717) is 11.3 Å². The molecule has 2 aliphatic rings. The molecule has 3 aromatic carbocycles. The van der Waals surface area contributed by atoms with Gasteiger partial charge in [0.05, 0.1) is 22.6 Å². The third kappa shape index (κ3) is 3.17. The number of halogens is 1. The summed E-state index contributed by atoms with van der Waals surface area (Å²) in [6.07, 6.45) is 0. The number of hydrogen-bond acceptors (Lipinski definition) is 5. The molecular formula is C23H19FN4O3. The van der Waals surface area contributed by atoms with Crippen molar-refractivity contribution in [1.82, 2.24) is 10.9 Å². The summed E-state index contributed by atoms with van der Waals surface area (Å²) >= 11 is 0. The maximum Gasteiger partial charge on any atom is 0.274 e. The van der Waals surface area contributed by atoms with Crippen LogP contribution in [-0.2, 0) is 4.79 Å². The highest BCUT2D eigenvalue weighted by Gasteiger charge is 2.57. The fourth-order valence-corrected chi connectivity index (χ4v) is 4.72. The number of hydrazine groups is 1. The molecule has 31 heavy (non-hydrogen) atoms. The zero-order chi connectivity index (χ0) is 21.5. The molecule has 0 spiro atoms. The molecule has 2 aliphatic heterocycles. The highest BCUT2D eigenvalue weighted by molar-refractivity contribution is 6.01. The van der Waals surface area contributed by atoms with Crippen molar-refractivity contribution in [3.63, 3.8) is 0 Å². The monoisotopic (exact) mass is 418 g/mol. The van der Waals surface area contributed by atoms with Crippen molar-refractivity contribution in [2.24, 2.45) is 5.92 Å². The quantitative estimate of drug-likeness (QED) is 0.499. The van der Waals surface area contributed by atoms with E-state index in [-0.39, 0.29) is 29.4 Å². The molecule has 0 aliphatic carbocycles. The average Bonchev–Trinajstić information content (AvgIpc) is 3.34. The summed E-state index contributed by atoms with van der Waals surface area (Å²) in [5.74, 6) is -0.870. The maximum absolute atomic E-state index is 13.5. The number of nitrogens with zero attached hydrogens (tertiary/aromatic N) is 2. The Bertz CT molecular complexity index is 1140. The Morgan fingerprint density at radius 1 is 0.871 bits per heavy atom. The number of anilines is 1. The van der Waals surface area contributed by atoms with E-state index in [4.69, 9.17) is 0 Å². The predicted molar refractivity (Wildman–Crippen MR) is 112 cm³/mol. The first-order valence-electron chi connectivity index (χ1n) is 9.94. The van der Waals surface area contributed by atoms with Gasteiger partial charge in [-0.05, 0) is 29.8 Å². The number of nitrogens with one attached hydrogen (secondary N) is 2. The van der Waals surface area contributed by atoms with Gasteiger partial charge in [-0.3, -0.25) is 14.9 Å². The summed E-state index contributed by atoms with van der Waals surface area (Å²) in [5.41, 5.74) is 8.13. The van der Waals surface area contributed by atoms with Crippen LogP contribution in [0.1, 0.15) is 23.2 Å². The Kier molecular flexibility index (Phi) is 4.72. The lowest BCUT2D eigenvalue weighted by molar-refractivity contribution is -0.385. The summed E-state index contributed by atoms with van der Waals surface area (Å²) in [7, 11) is 0. The van der Waals surface area contributed by atoms with Crippen molar-refractivity contribution in [2.75, 3.05) is 4.90 Å². The van der Waals surface area contributed by atoms with Crippen molar-refractivity contribution in [1.29, 1.82) is 0 Å². The van der Waals surface area contributed by atoms with Crippen LogP contribution < -0.4 is 15.8 Å². The molecule has 156 valence electrons. The topological polar surface area (TPSA) is 87.5 Å². The maximum atomic E-state index is 13.5.